The van der Waals surface area contributed by atoms with Crippen molar-refractivity contribution in [3.8, 4) is 22.3 Å². The summed E-state index contributed by atoms with van der Waals surface area (Å²) in [6.45, 7) is 10.8. The second-order valence-corrected chi connectivity index (χ2v) is 9.07. The highest BCUT2D eigenvalue weighted by Gasteiger charge is 2.35. The molecule has 1 aliphatic rings. The lowest BCUT2D eigenvalue weighted by Crippen LogP contribution is -2.17. The number of hydrogen-bond acceptors (Lipinski definition) is 1. The van der Waals surface area contributed by atoms with Gasteiger partial charge in [0.25, 0.3) is 0 Å². The Bertz CT molecular complexity index is 1360. The number of anilines is 2. The van der Waals surface area contributed by atoms with Crippen LogP contribution in [0.5, 0.6) is 0 Å². The Morgan fingerprint density at radius 2 is 1.36 bits per heavy atom. The van der Waals surface area contributed by atoms with E-state index >= 15 is 0 Å². The van der Waals surface area contributed by atoms with Crippen molar-refractivity contribution in [3.63, 3.8) is 0 Å². The Morgan fingerprint density at radius 3 is 2.12 bits per heavy atom. The van der Waals surface area contributed by atoms with Crippen LogP contribution in [0.25, 0.3) is 22.3 Å². The SMILES string of the molecule is C=C/C(=C\C)N(c1cccc(-c2ccccc2)c1)c1ccc2c(c1)-c1ccccc1C2(C)C. The van der Waals surface area contributed by atoms with E-state index in [0.29, 0.717) is 0 Å². The van der Waals surface area contributed by atoms with E-state index in [0.717, 1.165) is 17.1 Å². The largest absolute Gasteiger partial charge is 0.311 e. The van der Waals surface area contributed by atoms with Crippen molar-refractivity contribution in [1.82, 2.24) is 0 Å². The van der Waals surface area contributed by atoms with Gasteiger partial charge in [-0.1, -0.05) is 99.3 Å². The van der Waals surface area contributed by atoms with Crippen LogP contribution in [0.3, 0.4) is 0 Å². The van der Waals surface area contributed by atoms with Crippen molar-refractivity contribution in [3.05, 3.63) is 133 Å². The number of rotatable bonds is 5. The quantitative estimate of drug-likeness (QED) is 0.287. The highest BCUT2D eigenvalue weighted by Crippen LogP contribution is 2.50. The summed E-state index contributed by atoms with van der Waals surface area (Å²) in [6, 6.07) is 34.9. The Morgan fingerprint density at radius 1 is 0.697 bits per heavy atom. The van der Waals surface area contributed by atoms with Gasteiger partial charge in [0.2, 0.25) is 0 Å². The zero-order valence-corrected chi connectivity index (χ0v) is 19.5. The lowest BCUT2D eigenvalue weighted by Gasteiger charge is -2.28. The highest BCUT2D eigenvalue weighted by atomic mass is 15.1. The van der Waals surface area contributed by atoms with Crippen LogP contribution in [-0.2, 0) is 5.41 Å². The fourth-order valence-corrected chi connectivity index (χ4v) is 5.09. The van der Waals surface area contributed by atoms with Gasteiger partial charge in [0, 0.05) is 22.5 Å². The summed E-state index contributed by atoms with van der Waals surface area (Å²) in [7, 11) is 0. The maximum absolute atomic E-state index is 4.11. The molecule has 0 fully saturated rings. The molecule has 1 nitrogen and oxygen atoms in total. The molecule has 0 heterocycles. The average molecular weight is 428 g/mol. The molecule has 0 atom stereocenters. The van der Waals surface area contributed by atoms with E-state index < -0.39 is 0 Å². The first kappa shape index (κ1) is 21.0. The molecule has 0 spiro atoms. The van der Waals surface area contributed by atoms with Gasteiger partial charge in [-0.3, -0.25) is 0 Å². The maximum atomic E-state index is 4.11. The summed E-state index contributed by atoms with van der Waals surface area (Å²) >= 11 is 0. The molecule has 162 valence electrons. The predicted molar refractivity (Wildman–Crippen MR) is 142 cm³/mol. The lowest BCUT2D eigenvalue weighted by atomic mass is 9.82. The Hall–Kier alpha value is -3.84. The van der Waals surface area contributed by atoms with Crippen molar-refractivity contribution in [2.75, 3.05) is 4.90 Å². The van der Waals surface area contributed by atoms with Crippen molar-refractivity contribution in [2.24, 2.45) is 0 Å². The molecule has 0 amide bonds. The number of hydrogen-bond donors (Lipinski definition) is 0. The van der Waals surface area contributed by atoms with E-state index in [4.69, 9.17) is 0 Å². The van der Waals surface area contributed by atoms with Crippen LogP contribution < -0.4 is 4.90 Å². The molecule has 0 saturated carbocycles. The Balaban J connectivity index is 1.67. The minimum absolute atomic E-state index is 0.00434. The molecule has 4 aromatic rings. The molecule has 0 aliphatic heterocycles. The van der Waals surface area contributed by atoms with Crippen molar-refractivity contribution >= 4 is 11.4 Å². The fourth-order valence-electron chi connectivity index (χ4n) is 5.09. The van der Waals surface area contributed by atoms with Gasteiger partial charge < -0.3 is 4.90 Å². The van der Waals surface area contributed by atoms with Crippen LogP contribution in [0, 0.1) is 0 Å². The fraction of sp³-hybridized carbons (Fsp3) is 0.125. The van der Waals surface area contributed by atoms with Gasteiger partial charge in [0.15, 0.2) is 0 Å². The van der Waals surface area contributed by atoms with E-state index in [1.54, 1.807) is 0 Å². The maximum Gasteiger partial charge on any atom is 0.0467 e. The van der Waals surface area contributed by atoms with Gasteiger partial charge in [-0.05, 0) is 70.6 Å². The zero-order chi connectivity index (χ0) is 23.0. The van der Waals surface area contributed by atoms with Gasteiger partial charge in [0.05, 0.1) is 0 Å². The van der Waals surface area contributed by atoms with Gasteiger partial charge in [-0.25, -0.2) is 0 Å². The molecule has 4 aromatic carbocycles. The minimum atomic E-state index is 0.00434. The van der Waals surface area contributed by atoms with E-state index in [2.05, 4.69) is 135 Å². The summed E-state index contributed by atoms with van der Waals surface area (Å²) in [6.07, 6.45) is 4.05. The third-order valence-electron chi connectivity index (χ3n) is 6.80. The van der Waals surface area contributed by atoms with E-state index in [1.165, 1.54) is 33.4 Å². The van der Waals surface area contributed by atoms with Crippen LogP contribution in [0.2, 0.25) is 0 Å². The second-order valence-electron chi connectivity index (χ2n) is 9.07. The molecule has 0 bridgehead atoms. The molecular weight excluding hydrogens is 398 g/mol. The number of allylic oxidation sites excluding steroid dienone is 2. The molecule has 0 aromatic heterocycles. The standard InChI is InChI=1S/C32H29N/c1-5-25(6-2)33(26-16-12-15-24(21-26)23-13-8-7-9-14-23)27-19-20-31-29(22-27)28-17-10-11-18-30(28)32(31,3)4/h5-22H,1H2,2-4H3/b25-6+. The summed E-state index contributed by atoms with van der Waals surface area (Å²) in [5.41, 5.74) is 11.2. The van der Waals surface area contributed by atoms with Crippen LogP contribution in [0.1, 0.15) is 31.9 Å². The Labute approximate surface area is 197 Å². The first-order valence-electron chi connectivity index (χ1n) is 11.5. The van der Waals surface area contributed by atoms with Crippen LogP contribution in [-0.4, -0.2) is 0 Å². The van der Waals surface area contributed by atoms with Crippen molar-refractivity contribution in [2.45, 2.75) is 26.2 Å². The molecule has 5 rings (SSSR count). The van der Waals surface area contributed by atoms with Gasteiger partial charge in [-0.15, -0.1) is 0 Å². The predicted octanol–water partition coefficient (Wildman–Crippen LogP) is 8.89. The molecule has 0 unspecified atom stereocenters. The van der Waals surface area contributed by atoms with Crippen molar-refractivity contribution in [1.29, 1.82) is 0 Å². The molecule has 0 saturated heterocycles. The van der Waals surface area contributed by atoms with E-state index in [9.17, 15) is 0 Å². The second kappa shape index (κ2) is 8.26. The number of benzene rings is 4. The molecule has 1 heteroatoms. The van der Waals surface area contributed by atoms with E-state index in [1.807, 2.05) is 6.08 Å². The molecule has 1 aliphatic carbocycles. The highest BCUT2D eigenvalue weighted by molar-refractivity contribution is 5.85. The first-order chi connectivity index (χ1) is 16.0. The van der Waals surface area contributed by atoms with Gasteiger partial charge >= 0.3 is 0 Å². The van der Waals surface area contributed by atoms with Crippen LogP contribution in [0.4, 0.5) is 11.4 Å². The Kier molecular flexibility index (Phi) is 5.26. The number of fused-ring (bicyclic) bond motifs is 3. The molecule has 33 heavy (non-hydrogen) atoms. The smallest absolute Gasteiger partial charge is 0.0467 e. The lowest BCUT2D eigenvalue weighted by molar-refractivity contribution is 0.660. The first-order valence-corrected chi connectivity index (χ1v) is 11.5. The van der Waals surface area contributed by atoms with Crippen LogP contribution >= 0.6 is 0 Å². The van der Waals surface area contributed by atoms with Gasteiger partial charge in [-0.2, -0.15) is 0 Å². The summed E-state index contributed by atoms with van der Waals surface area (Å²) in [4.78, 5) is 2.30. The zero-order valence-electron chi connectivity index (χ0n) is 19.5. The number of nitrogens with zero attached hydrogens (tertiary/aromatic N) is 1. The van der Waals surface area contributed by atoms with Crippen LogP contribution in [0.15, 0.2) is 121 Å². The monoisotopic (exact) mass is 427 g/mol. The third kappa shape index (κ3) is 3.50. The summed E-state index contributed by atoms with van der Waals surface area (Å²) < 4.78 is 0. The van der Waals surface area contributed by atoms with Crippen molar-refractivity contribution < 1.29 is 0 Å². The average Bonchev–Trinajstić information content (AvgIpc) is 3.09. The third-order valence-corrected chi connectivity index (χ3v) is 6.80. The minimum Gasteiger partial charge on any atom is -0.311 e. The van der Waals surface area contributed by atoms with Gasteiger partial charge in [0.1, 0.15) is 0 Å². The van der Waals surface area contributed by atoms with E-state index in [-0.39, 0.29) is 5.41 Å². The molecular formula is C32H29N. The summed E-state index contributed by atoms with van der Waals surface area (Å²) in [5.74, 6) is 0. The normalized spacial score (nSPS) is 13.8. The summed E-state index contributed by atoms with van der Waals surface area (Å²) in [5, 5.41) is 0. The topological polar surface area (TPSA) is 3.24 Å². The molecule has 0 radical (unpaired) electrons. The molecule has 0 N–H and O–H groups in total.